The van der Waals surface area contributed by atoms with Gasteiger partial charge >= 0.3 is 0 Å². The van der Waals surface area contributed by atoms with Crippen molar-refractivity contribution in [3.8, 4) is 0 Å². The molecule has 1 N–H and O–H groups in total. The van der Waals surface area contributed by atoms with Gasteiger partial charge in [0.15, 0.2) is 0 Å². The number of nitrogens with zero attached hydrogens (tertiary/aromatic N) is 1. The van der Waals surface area contributed by atoms with Gasteiger partial charge in [0, 0.05) is 5.92 Å². The fourth-order valence-corrected chi connectivity index (χ4v) is 2.63. The predicted octanol–water partition coefficient (Wildman–Crippen LogP) is 2.03. The van der Waals surface area contributed by atoms with Crippen molar-refractivity contribution in [1.29, 1.82) is 0 Å². The zero-order chi connectivity index (χ0) is 11.5. The molecule has 1 aromatic carbocycles. The van der Waals surface area contributed by atoms with E-state index >= 15 is 0 Å². The maximum Gasteiger partial charge on any atom is 0.0649 e. The first kappa shape index (κ1) is 11.6. The fourth-order valence-electron chi connectivity index (χ4n) is 2.63. The Kier molecular flexibility index (Phi) is 3.62. The third-order valence-corrected chi connectivity index (χ3v) is 3.47. The molecule has 0 saturated heterocycles. The van der Waals surface area contributed by atoms with Crippen molar-refractivity contribution < 1.29 is 5.11 Å². The van der Waals surface area contributed by atoms with E-state index in [1.807, 2.05) is 0 Å². The summed E-state index contributed by atoms with van der Waals surface area (Å²) in [4.78, 5) is 2.20. The highest BCUT2D eigenvalue weighted by molar-refractivity contribution is 5.36. The van der Waals surface area contributed by atoms with Gasteiger partial charge in [0.2, 0.25) is 0 Å². The first-order valence-corrected chi connectivity index (χ1v) is 6.09. The van der Waals surface area contributed by atoms with Gasteiger partial charge in [0.25, 0.3) is 0 Å². The van der Waals surface area contributed by atoms with E-state index in [2.05, 4.69) is 43.3 Å². The molecule has 1 aliphatic rings. The lowest BCUT2D eigenvalue weighted by atomic mass is 9.94. The van der Waals surface area contributed by atoms with Crippen LogP contribution in [0.1, 0.15) is 29.9 Å². The van der Waals surface area contributed by atoms with Gasteiger partial charge in [-0.1, -0.05) is 24.3 Å². The molecule has 0 amide bonds. The van der Waals surface area contributed by atoms with Crippen LogP contribution in [0.4, 0.5) is 0 Å². The normalized spacial score (nSPS) is 23.8. The second-order valence-corrected chi connectivity index (χ2v) is 5.02. The Morgan fingerprint density at radius 3 is 2.81 bits per heavy atom. The Balaban J connectivity index is 1.99. The number of fused-ring (bicyclic) bond motifs is 1. The number of hydrogen-bond donors (Lipinski definition) is 1. The molecule has 2 nitrogen and oxygen atoms in total. The Labute approximate surface area is 97.9 Å². The number of benzene rings is 1. The summed E-state index contributed by atoms with van der Waals surface area (Å²) in [6, 6.07) is 8.46. The standard InChI is InChI=1S/C14H21NO/c1-15(2)9-5-8-13-12-7-4-3-6-11(12)10-14(13)16/h3-4,6-7,13-14,16H,5,8-10H2,1-2H3/t13-,14-/m1/s1. The summed E-state index contributed by atoms with van der Waals surface area (Å²) in [6.07, 6.45) is 2.92. The number of rotatable bonds is 4. The molecule has 0 bridgehead atoms. The summed E-state index contributed by atoms with van der Waals surface area (Å²) in [5.41, 5.74) is 2.71. The minimum atomic E-state index is -0.167. The van der Waals surface area contributed by atoms with Crippen LogP contribution >= 0.6 is 0 Å². The summed E-state index contributed by atoms with van der Waals surface area (Å²) < 4.78 is 0. The summed E-state index contributed by atoms with van der Waals surface area (Å²) in [5.74, 6) is 0.358. The van der Waals surface area contributed by atoms with E-state index in [9.17, 15) is 5.11 Å². The van der Waals surface area contributed by atoms with Crippen LogP contribution in [0.15, 0.2) is 24.3 Å². The topological polar surface area (TPSA) is 23.5 Å². The molecule has 2 heteroatoms. The van der Waals surface area contributed by atoms with Gasteiger partial charge in [0.05, 0.1) is 6.10 Å². The zero-order valence-electron chi connectivity index (χ0n) is 10.2. The zero-order valence-corrected chi connectivity index (χ0v) is 10.2. The highest BCUT2D eigenvalue weighted by atomic mass is 16.3. The smallest absolute Gasteiger partial charge is 0.0649 e. The lowest BCUT2D eigenvalue weighted by Gasteiger charge is -2.17. The van der Waals surface area contributed by atoms with Gasteiger partial charge in [-0.05, 0) is 51.0 Å². The van der Waals surface area contributed by atoms with Gasteiger partial charge in [0.1, 0.15) is 0 Å². The van der Waals surface area contributed by atoms with Crippen molar-refractivity contribution >= 4 is 0 Å². The molecule has 2 atom stereocenters. The Hall–Kier alpha value is -0.860. The van der Waals surface area contributed by atoms with E-state index in [1.165, 1.54) is 11.1 Å². The maximum atomic E-state index is 10.1. The number of aliphatic hydroxyl groups excluding tert-OH is 1. The second kappa shape index (κ2) is 4.98. The summed E-state index contributed by atoms with van der Waals surface area (Å²) in [6.45, 7) is 1.10. The van der Waals surface area contributed by atoms with Crippen molar-refractivity contribution in [2.75, 3.05) is 20.6 Å². The molecule has 2 rings (SSSR count). The molecular formula is C14H21NO. The average Bonchev–Trinajstić information content (AvgIpc) is 2.55. The van der Waals surface area contributed by atoms with E-state index in [4.69, 9.17) is 0 Å². The molecule has 0 unspecified atom stereocenters. The third-order valence-electron chi connectivity index (χ3n) is 3.47. The lowest BCUT2D eigenvalue weighted by molar-refractivity contribution is 0.150. The molecule has 0 aromatic heterocycles. The Morgan fingerprint density at radius 2 is 2.06 bits per heavy atom. The van der Waals surface area contributed by atoms with E-state index < -0.39 is 0 Å². The molecule has 0 radical (unpaired) electrons. The molecule has 0 fully saturated rings. The summed E-state index contributed by atoms with van der Waals surface area (Å²) in [5, 5.41) is 10.1. The van der Waals surface area contributed by atoms with E-state index in [-0.39, 0.29) is 6.10 Å². The van der Waals surface area contributed by atoms with Crippen LogP contribution in [0.3, 0.4) is 0 Å². The molecule has 0 heterocycles. The van der Waals surface area contributed by atoms with Crippen LogP contribution in [0.25, 0.3) is 0 Å². The number of aliphatic hydroxyl groups is 1. The molecule has 1 aliphatic carbocycles. The molecule has 16 heavy (non-hydrogen) atoms. The van der Waals surface area contributed by atoms with Crippen molar-refractivity contribution in [3.63, 3.8) is 0 Å². The molecule has 88 valence electrons. The summed E-state index contributed by atoms with van der Waals surface area (Å²) in [7, 11) is 4.19. The minimum absolute atomic E-state index is 0.167. The van der Waals surface area contributed by atoms with Crippen LogP contribution < -0.4 is 0 Å². The van der Waals surface area contributed by atoms with E-state index in [0.29, 0.717) is 5.92 Å². The lowest BCUT2D eigenvalue weighted by Crippen LogP contribution is -2.17. The van der Waals surface area contributed by atoms with Crippen LogP contribution in [-0.2, 0) is 6.42 Å². The molecule has 0 aliphatic heterocycles. The van der Waals surface area contributed by atoms with Gasteiger partial charge in [-0.3, -0.25) is 0 Å². The minimum Gasteiger partial charge on any atom is -0.392 e. The number of hydrogen-bond acceptors (Lipinski definition) is 2. The van der Waals surface area contributed by atoms with Gasteiger partial charge < -0.3 is 10.0 Å². The first-order valence-electron chi connectivity index (χ1n) is 6.09. The van der Waals surface area contributed by atoms with Gasteiger partial charge in [-0.2, -0.15) is 0 Å². The SMILES string of the molecule is CN(C)CCC[C@@H]1c2ccccc2C[C@H]1O. The van der Waals surface area contributed by atoms with E-state index in [1.54, 1.807) is 0 Å². The summed E-state index contributed by atoms with van der Waals surface area (Å²) >= 11 is 0. The van der Waals surface area contributed by atoms with Gasteiger partial charge in [-0.25, -0.2) is 0 Å². The van der Waals surface area contributed by atoms with Crippen molar-refractivity contribution in [1.82, 2.24) is 4.90 Å². The van der Waals surface area contributed by atoms with Crippen LogP contribution in [0, 0.1) is 0 Å². The Morgan fingerprint density at radius 1 is 1.31 bits per heavy atom. The van der Waals surface area contributed by atoms with Crippen molar-refractivity contribution in [3.05, 3.63) is 35.4 Å². The quantitative estimate of drug-likeness (QED) is 0.837. The second-order valence-electron chi connectivity index (χ2n) is 5.02. The van der Waals surface area contributed by atoms with Crippen LogP contribution in [0.2, 0.25) is 0 Å². The highest BCUT2D eigenvalue weighted by Gasteiger charge is 2.29. The third kappa shape index (κ3) is 2.45. The molecule has 0 spiro atoms. The highest BCUT2D eigenvalue weighted by Crippen LogP contribution is 2.36. The Bertz CT molecular complexity index is 348. The van der Waals surface area contributed by atoms with Crippen molar-refractivity contribution in [2.45, 2.75) is 31.3 Å². The molecule has 1 aromatic rings. The maximum absolute atomic E-state index is 10.1. The molecular weight excluding hydrogens is 198 g/mol. The predicted molar refractivity (Wildman–Crippen MR) is 66.7 cm³/mol. The fraction of sp³-hybridized carbons (Fsp3) is 0.571. The average molecular weight is 219 g/mol. The van der Waals surface area contributed by atoms with Crippen LogP contribution in [-0.4, -0.2) is 36.8 Å². The van der Waals surface area contributed by atoms with E-state index in [0.717, 1.165) is 25.8 Å². The largest absolute Gasteiger partial charge is 0.392 e. The van der Waals surface area contributed by atoms with Crippen LogP contribution in [0.5, 0.6) is 0 Å². The first-order chi connectivity index (χ1) is 7.68. The molecule has 0 saturated carbocycles. The van der Waals surface area contributed by atoms with Gasteiger partial charge in [-0.15, -0.1) is 0 Å². The van der Waals surface area contributed by atoms with Crippen molar-refractivity contribution in [2.24, 2.45) is 0 Å². The monoisotopic (exact) mass is 219 g/mol.